The Morgan fingerprint density at radius 2 is 1.73 bits per heavy atom. The van der Waals surface area contributed by atoms with Gasteiger partial charge in [-0.05, 0) is 49.2 Å². The Morgan fingerprint density at radius 3 is 2.31 bits per heavy atom. The zero-order chi connectivity index (χ0) is 19.1. The van der Waals surface area contributed by atoms with Gasteiger partial charge in [0.2, 0.25) is 0 Å². The zero-order valence-electron chi connectivity index (χ0n) is 15.4. The number of amides is 1. The van der Waals surface area contributed by atoms with Gasteiger partial charge in [0.1, 0.15) is 0 Å². The van der Waals surface area contributed by atoms with Gasteiger partial charge < -0.3 is 19.5 Å². The summed E-state index contributed by atoms with van der Waals surface area (Å²) < 4.78 is 15.6. The molecule has 0 saturated carbocycles. The van der Waals surface area contributed by atoms with E-state index < -0.39 is 12.1 Å². The van der Waals surface area contributed by atoms with Gasteiger partial charge in [-0.3, -0.25) is 4.79 Å². The molecular formula is C20H23NO5. The number of esters is 1. The molecule has 138 valence electrons. The second-order valence-electron chi connectivity index (χ2n) is 5.66. The normalized spacial score (nSPS) is 11.4. The Kier molecular flexibility index (Phi) is 6.60. The highest BCUT2D eigenvalue weighted by atomic mass is 16.5. The van der Waals surface area contributed by atoms with Crippen LogP contribution in [0.3, 0.4) is 0 Å². The van der Waals surface area contributed by atoms with Gasteiger partial charge >= 0.3 is 5.97 Å². The third-order valence-corrected chi connectivity index (χ3v) is 3.89. The van der Waals surface area contributed by atoms with Crippen LogP contribution in [0.25, 0.3) is 0 Å². The monoisotopic (exact) mass is 357 g/mol. The molecule has 0 saturated heterocycles. The second kappa shape index (κ2) is 8.89. The summed E-state index contributed by atoms with van der Waals surface area (Å²) in [6.07, 6.45) is 0.188. The molecule has 2 aromatic rings. The first-order chi connectivity index (χ1) is 12.5. The lowest BCUT2D eigenvalue weighted by Crippen LogP contribution is -2.30. The average molecular weight is 357 g/mol. The van der Waals surface area contributed by atoms with E-state index in [-0.39, 0.29) is 5.91 Å². The first kappa shape index (κ1) is 19.3. The van der Waals surface area contributed by atoms with E-state index >= 15 is 0 Å². The highest BCUT2D eigenvalue weighted by Gasteiger charge is 2.18. The largest absolute Gasteiger partial charge is 0.493 e. The molecule has 26 heavy (non-hydrogen) atoms. The number of methoxy groups -OCH3 is 2. The summed E-state index contributed by atoms with van der Waals surface area (Å²) in [6.45, 7) is 3.71. The van der Waals surface area contributed by atoms with E-state index in [4.69, 9.17) is 9.47 Å². The molecule has 6 heteroatoms. The molecule has 0 heterocycles. The smallest absolute Gasteiger partial charge is 0.337 e. The molecule has 6 nitrogen and oxygen atoms in total. The van der Waals surface area contributed by atoms with Crippen LogP contribution in [-0.4, -0.2) is 32.2 Å². The second-order valence-corrected chi connectivity index (χ2v) is 5.66. The number of ether oxygens (including phenoxy) is 3. The summed E-state index contributed by atoms with van der Waals surface area (Å²) in [7, 11) is 2.77. The van der Waals surface area contributed by atoms with Crippen molar-refractivity contribution in [2.75, 3.05) is 19.5 Å². The maximum atomic E-state index is 12.3. The van der Waals surface area contributed by atoms with Gasteiger partial charge in [0.05, 0.1) is 19.8 Å². The van der Waals surface area contributed by atoms with Crippen LogP contribution in [0, 0.1) is 0 Å². The number of anilines is 1. The molecule has 1 amide bonds. The highest BCUT2D eigenvalue weighted by molar-refractivity contribution is 5.94. The van der Waals surface area contributed by atoms with Gasteiger partial charge in [-0.2, -0.15) is 0 Å². The lowest BCUT2D eigenvalue weighted by Gasteiger charge is -2.17. The van der Waals surface area contributed by atoms with Crippen LogP contribution in [0.4, 0.5) is 5.69 Å². The van der Waals surface area contributed by atoms with E-state index in [9.17, 15) is 9.59 Å². The number of hydrogen-bond donors (Lipinski definition) is 1. The summed E-state index contributed by atoms with van der Waals surface area (Å²) in [4.78, 5) is 23.9. The van der Waals surface area contributed by atoms with Gasteiger partial charge in [0.25, 0.3) is 5.91 Å². The van der Waals surface area contributed by atoms with E-state index in [1.54, 1.807) is 19.1 Å². The minimum atomic E-state index is -0.751. The van der Waals surface area contributed by atoms with E-state index in [1.165, 1.54) is 25.8 Å². The van der Waals surface area contributed by atoms with Crippen molar-refractivity contribution in [3.8, 4) is 11.5 Å². The summed E-state index contributed by atoms with van der Waals surface area (Å²) in [5, 5.41) is 2.81. The Labute approximate surface area is 153 Å². The topological polar surface area (TPSA) is 73.9 Å². The van der Waals surface area contributed by atoms with Crippen LogP contribution in [0.1, 0.15) is 29.8 Å². The van der Waals surface area contributed by atoms with Crippen molar-refractivity contribution in [1.29, 1.82) is 0 Å². The molecule has 0 bridgehead atoms. The van der Waals surface area contributed by atoms with Gasteiger partial charge in [-0.25, -0.2) is 4.79 Å². The van der Waals surface area contributed by atoms with Crippen LogP contribution in [0.15, 0.2) is 42.5 Å². The molecule has 0 aromatic heterocycles. The number of hydrogen-bond acceptors (Lipinski definition) is 5. The Hall–Kier alpha value is -3.02. The molecule has 2 aromatic carbocycles. The predicted molar refractivity (Wildman–Crippen MR) is 98.9 cm³/mol. The van der Waals surface area contributed by atoms with E-state index in [2.05, 4.69) is 17.0 Å². The fourth-order valence-corrected chi connectivity index (χ4v) is 2.32. The summed E-state index contributed by atoms with van der Waals surface area (Å²) in [6, 6.07) is 12.3. The maximum absolute atomic E-state index is 12.3. The van der Waals surface area contributed by atoms with Crippen LogP contribution in [-0.2, 0) is 16.0 Å². The molecule has 2 rings (SSSR count). The minimum absolute atomic E-state index is 0.284. The first-order valence-electron chi connectivity index (χ1n) is 8.31. The number of carbonyl (C=O) groups excluding carboxylic acids is 2. The van der Waals surface area contributed by atoms with Gasteiger partial charge in [0, 0.05) is 5.69 Å². The van der Waals surface area contributed by atoms with Crippen LogP contribution in [0.5, 0.6) is 11.5 Å². The number of nitrogens with one attached hydrogen (secondary N) is 1. The Bertz CT molecular complexity index is 770. The third kappa shape index (κ3) is 4.75. The van der Waals surface area contributed by atoms with E-state index in [0.717, 1.165) is 6.42 Å². The number of rotatable bonds is 7. The highest BCUT2D eigenvalue weighted by Crippen LogP contribution is 2.29. The van der Waals surface area contributed by atoms with Crippen LogP contribution < -0.4 is 14.8 Å². The first-order valence-corrected chi connectivity index (χ1v) is 8.31. The molecule has 0 aliphatic heterocycles. The summed E-state index contributed by atoms with van der Waals surface area (Å²) >= 11 is 0. The molecule has 0 fully saturated rings. The van der Waals surface area contributed by atoms with E-state index in [1.807, 2.05) is 24.3 Å². The van der Waals surface area contributed by atoms with Crippen molar-refractivity contribution < 1.29 is 23.8 Å². The molecular weight excluding hydrogens is 334 g/mol. The van der Waals surface area contributed by atoms with E-state index in [0.29, 0.717) is 22.7 Å². The molecule has 0 aliphatic rings. The van der Waals surface area contributed by atoms with Gasteiger partial charge in [0.15, 0.2) is 17.6 Å². The van der Waals surface area contributed by atoms with Crippen molar-refractivity contribution in [2.45, 2.75) is 26.4 Å². The fourth-order valence-electron chi connectivity index (χ4n) is 2.32. The molecule has 0 spiro atoms. The van der Waals surface area contributed by atoms with Crippen LogP contribution >= 0.6 is 0 Å². The molecule has 1 atom stereocenters. The number of aryl methyl sites for hydroxylation is 1. The molecule has 0 radical (unpaired) electrons. The van der Waals surface area contributed by atoms with Crippen molar-refractivity contribution in [3.63, 3.8) is 0 Å². The fraction of sp³-hybridized carbons (Fsp3) is 0.300. The van der Waals surface area contributed by atoms with Gasteiger partial charge in [-0.15, -0.1) is 0 Å². The lowest BCUT2D eigenvalue weighted by atomic mass is 10.1. The Balaban J connectivity index is 2.06. The van der Waals surface area contributed by atoms with Gasteiger partial charge in [-0.1, -0.05) is 19.1 Å². The number of carbonyl (C=O) groups is 2. The molecule has 0 unspecified atom stereocenters. The molecule has 0 aliphatic carbocycles. The maximum Gasteiger partial charge on any atom is 0.337 e. The standard InChI is InChI=1S/C20H23NO5/c1-5-14-6-9-16(10-7-14)21-19(22)13(2)26-17-11-8-15(20(23)25-4)12-18(17)24-3/h6-13H,5H2,1-4H3,(H,21,22)/t13-/m1/s1. The SMILES string of the molecule is CCc1ccc(NC(=O)[C@@H](C)Oc2ccc(C(=O)OC)cc2OC)cc1. The third-order valence-electron chi connectivity index (χ3n) is 3.89. The zero-order valence-corrected chi connectivity index (χ0v) is 15.4. The summed E-state index contributed by atoms with van der Waals surface area (Å²) in [5.41, 5.74) is 2.24. The molecule has 1 N–H and O–H groups in total. The summed E-state index contributed by atoms with van der Waals surface area (Å²) in [5.74, 6) is -0.0477. The predicted octanol–water partition coefficient (Wildman–Crippen LogP) is 3.45. The van der Waals surface area contributed by atoms with Crippen molar-refractivity contribution in [1.82, 2.24) is 0 Å². The van der Waals surface area contributed by atoms with Crippen molar-refractivity contribution in [3.05, 3.63) is 53.6 Å². The average Bonchev–Trinajstić information content (AvgIpc) is 2.68. The number of benzene rings is 2. The Morgan fingerprint density at radius 1 is 1.04 bits per heavy atom. The van der Waals surface area contributed by atoms with Crippen molar-refractivity contribution in [2.24, 2.45) is 0 Å². The van der Waals surface area contributed by atoms with Crippen LogP contribution in [0.2, 0.25) is 0 Å². The lowest BCUT2D eigenvalue weighted by molar-refractivity contribution is -0.122. The minimum Gasteiger partial charge on any atom is -0.493 e. The van der Waals surface area contributed by atoms with Crippen molar-refractivity contribution >= 4 is 17.6 Å². The quantitative estimate of drug-likeness (QED) is 0.768.